The fraction of sp³-hybridized carbons (Fsp3) is 0.0909. The van der Waals surface area contributed by atoms with Gasteiger partial charge in [0, 0.05) is 7.05 Å². The van der Waals surface area contributed by atoms with Gasteiger partial charge in [-0.15, -0.1) is 11.3 Å². The average Bonchev–Trinajstić information content (AvgIpc) is 2.81. The van der Waals surface area contributed by atoms with Crippen molar-refractivity contribution in [3.63, 3.8) is 0 Å². The molecule has 0 aliphatic rings. The highest BCUT2D eigenvalue weighted by Crippen LogP contribution is 2.23. The number of nitrogen functional groups attached to an aromatic ring is 1. The van der Waals surface area contributed by atoms with E-state index in [0.29, 0.717) is 16.3 Å². The first-order valence-corrected chi connectivity index (χ1v) is 5.59. The Morgan fingerprint density at radius 2 is 2.19 bits per heavy atom. The van der Waals surface area contributed by atoms with E-state index in [0.717, 1.165) is 0 Å². The van der Waals surface area contributed by atoms with Gasteiger partial charge in [0.1, 0.15) is 4.88 Å². The number of aromatic nitrogens is 1. The zero-order valence-electron chi connectivity index (χ0n) is 8.75. The molecule has 4 nitrogen and oxygen atoms in total. The molecule has 0 saturated heterocycles. The second kappa shape index (κ2) is 4.32. The fourth-order valence-corrected chi connectivity index (χ4v) is 1.98. The fourth-order valence-electron chi connectivity index (χ4n) is 1.39. The van der Waals surface area contributed by atoms with Crippen molar-refractivity contribution in [2.45, 2.75) is 0 Å². The maximum Gasteiger partial charge on any atom is 0.269 e. The van der Waals surface area contributed by atoms with Gasteiger partial charge < -0.3 is 10.6 Å². The molecule has 82 valence electrons. The van der Waals surface area contributed by atoms with Crippen LogP contribution in [-0.2, 0) is 0 Å². The average molecular weight is 233 g/mol. The summed E-state index contributed by atoms with van der Waals surface area (Å²) in [7, 11) is 1.70. The molecule has 5 heteroatoms. The van der Waals surface area contributed by atoms with Gasteiger partial charge in [-0.05, 0) is 12.1 Å². The molecule has 0 atom stereocenters. The van der Waals surface area contributed by atoms with Crippen LogP contribution in [0.25, 0.3) is 0 Å². The summed E-state index contributed by atoms with van der Waals surface area (Å²) in [5.74, 6) is -0.0969. The van der Waals surface area contributed by atoms with Gasteiger partial charge in [0.25, 0.3) is 5.91 Å². The van der Waals surface area contributed by atoms with Crippen LogP contribution < -0.4 is 10.6 Å². The highest BCUT2D eigenvalue weighted by atomic mass is 32.1. The van der Waals surface area contributed by atoms with E-state index in [1.54, 1.807) is 24.8 Å². The predicted molar refractivity (Wildman–Crippen MR) is 65.7 cm³/mol. The molecule has 2 aromatic rings. The van der Waals surface area contributed by atoms with Crippen LogP contribution in [0.1, 0.15) is 9.67 Å². The molecule has 0 aliphatic heterocycles. The summed E-state index contributed by atoms with van der Waals surface area (Å²) in [6.45, 7) is 0. The molecular formula is C11H11N3OS. The number of anilines is 2. The topological polar surface area (TPSA) is 59.2 Å². The summed E-state index contributed by atoms with van der Waals surface area (Å²) in [5, 5.41) is 0. The minimum absolute atomic E-state index is 0.0969. The van der Waals surface area contributed by atoms with Crippen LogP contribution in [0, 0.1) is 0 Å². The number of carbonyl (C=O) groups excluding carboxylic acids is 1. The van der Waals surface area contributed by atoms with E-state index in [1.807, 2.05) is 18.2 Å². The molecule has 1 heterocycles. The van der Waals surface area contributed by atoms with Crippen molar-refractivity contribution in [1.29, 1.82) is 0 Å². The minimum atomic E-state index is -0.0969. The van der Waals surface area contributed by atoms with E-state index in [4.69, 9.17) is 5.73 Å². The molecule has 0 unspecified atom stereocenters. The van der Waals surface area contributed by atoms with Crippen LogP contribution >= 0.6 is 11.3 Å². The van der Waals surface area contributed by atoms with Crippen LogP contribution in [-0.4, -0.2) is 17.9 Å². The molecular weight excluding hydrogens is 222 g/mol. The van der Waals surface area contributed by atoms with Gasteiger partial charge in [0.2, 0.25) is 0 Å². The standard InChI is InChI=1S/C11H11N3OS/c1-14(9-5-3-2-4-8(9)12)11(15)10-6-13-7-16-10/h2-7H,12H2,1H3. The lowest BCUT2D eigenvalue weighted by molar-refractivity contribution is 0.0997. The van der Waals surface area contributed by atoms with Crippen LogP contribution in [0.3, 0.4) is 0 Å². The van der Waals surface area contributed by atoms with Gasteiger partial charge in [-0.2, -0.15) is 0 Å². The first kappa shape index (κ1) is 10.6. The van der Waals surface area contributed by atoms with Crippen LogP contribution in [0.5, 0.6) is 0 Å². The monoisotopic (exact) mass is 233 g/mol. The number of amides is 1. The quantitative estimate of drug-likeness (QED) is 0.807. The minimum Gasteiger partial charge on any atom is -0.397 e. The van der Waals surface area contributed by atoms with E-state index in [9.17, 15) is 4.79 Å². The van der Waals surface area contributed by atoms with E-state index in [-0.39, 0.29) is 5.91 Å². The molecule has 0 saturated carbocycles. The highest BCUT2D eigenvalue weighted by Gasteiger charge is 2.16. The third-order valence-corrected chi connectivity index (χ3v) is 3.01. The molecule has 2 N–H and O–H groups in total. The Balaban J connectivity index is 2.30. The van der Waals surface area contributed by atoms with Gasteiger partial charge in [0.05, 0.1) is 23.1 Å². The smallest absolute Gasteiger partial charge is 0.269 e. The number of para-hydroxylation sites is 2. The first-order valence-electron chi connectivity index (χ1n) is 4.71. The van der Waals surface area contributed by atoms with Crippen molar-refractivity contribution < 1.29 is 4.79 Å². The van der Waals surface area contributed by atoms with Gasteiger partial charge in [-0.25, -0.2) is 0 Å². The number of thiazole rings is 1. The van der Waals surface area contributed by atoms with Gasteiger partial charge in [0.15, 0.2) is 0 Å². The lowest BCUT2D eigenvalue weighted by Gasteiger charge is -2.17. The highest BCUT2D eigenvalue weighted by molar-refractivity contribution is 7.11. The number of hydrogen-bond acceptors (Lipinski definition) is 4. The molecule has 0 aliphatic carbocycles. The van der Waals surface area contributed by atoms with Crippen molar-refractivity contribution in [2.24, 2.45) is 0 Å². The normalized spacial score (nSPS) is 10.1. The summed E-state index contributed by atoms with van der Waals surface area (Å²) in [4.78, 5) is 18.0. The van der Waals surface area contributed by atoms with Crippen molar-refractivity contribution in [3.8, 4) is 0 Å². The predicted octanol–water partition coefficient (Wildman–Crippen LogP) is 2.00. The number of hydrogen-bond donors (Lipinski definition) is 1. The summed E-state index contributed by atoms with van der Waals surface area (Å²) in [6, 6.07) is 7.27. The third kappa shape index (κ3) is 1.90. The Hall–Kier alpha value is -1.88. The Kier molecular flexibility index (Phi) is 2.87. The number of benzene rings is 1. The maximum absolute atomic E-state index is 12.0. The number of nitrogens with zero attached hydrogens (tertiary/aromatic N) is 2. The van der Waals surface area contributed by atoms with E-state index in [1.165, 1.54) is 16.2 Å². The van der Waals surface area contributed by atoms with Crippen molar-refractivity contribution in [1.82, 2.24) is 4.98 Å². The Morgan fingerprint density at radius 1 is 1.44 bits per heavy atom. The number of carbonyl (C=O) groups is 1. The summed E-state index contributed by atoms with van der Waals surface area (Å²) in [5.41, 5.74) is 8.74. The molecule has 2 rings (SSSR count). The number of nitrogens with two attached hydrogens (primary N) is 1. The molecule has 0 fully saturated rings. The summed E-state index contributed by atoms with van der Waals surface area (Å²) < 4.78 is 0. The molecule has 0 bridgehead atoms. The zero-order chi connectivity index (χ0) is 11.5. The molecule has 1 aromatic heterocycles. The molecule has 1 aromatic carbocycles. The lowest BCUT2D eigenvalue weighted by Crippen LogP contribution is -2.26. The molecule has 1 amide bonds. The maximum atomic E-state index is 12.0. The largest absolute Gasteiger partial charge is 0.397 e. The van der Waals surface area contributed by atoms with Gasteiger partial charge in [-0.3, -0.25) is 9.78 Å². The Morgan fingerprint density at radius 3 is 2.81 bits per heavy atom. The number of rotatable bonds is 2. The van der Waals surface area contributed by atoms with E-state index in [2.05, 4.69) is 4.98 Å². The van der Waals surface area contributed by atoms with Crippen molar-refractivity contribution in [3.05, 3.63) is 40.8 Å². The van der Waals surface area contributed by atoms with Gasteiger partial charge in [-0.1, -0.05) is 12.1 Å². The third-order valence-electron chi connectivity index (χ3n) is 2.25. The SMILES string of the molecule is CN(C(=O)c1cncs1)c1ccccc1N. The zero-order valence-corrected chi connectivity index (χ0v) is 9.57. The van der Waals surface area contributed by atoms with Crippen LogP contribution in [0.15, 0.2) is 36.0 Å². The van der Waals surface area contributed by atoms with Crippen LogP contribution in [0.4, 0.5) is 11.4 Å². The lowest BCUT2D eigenvalue weighted by atomic mass is 10.2. The van der Waals surface area contributed by atoms with E-state index >= 15 is 0 Å². The van der Waals surface area contributed by atoms with E-state index < -0.39 is 0 Å². The van der Waals surface area contributed by atoms with Gasteiger partial charge >= 0.3 is 0 Å². The molecule has 0 spiro atoms. The Bertz CT molecular complexity index is 496. The molecule has 16 heavy (non-hydrogen) atoms. The van der Waals surface area contributed by atoms with Crippen molar-refractivity contribution in [2.75, 3.05) is 17.7 Å². The van der Waals surface area contributed by atoms with Crippen LogP contribution in [0.2, 0.25) is 0 Å². The Labute approximate surface area is 97.3 Å². The second-order valence-electron chi connectivity index (χ2n) is 3.29. The van der Waals surface area contributed by atoms with Crippen molar-refractivity contribution >= 4 is 28.6 Å². The summed E-state index contributed by atoms with van der Waals surface area (Å²) >= 11 is 1.32. The summed E-state index contributed by atoms with van der Waals surface area (Å²) in [6.07, 6.45) is 1.56. The molecule has 0 radical (unpaired) electrons. The first-order chi connectivity index (χ1) is 7.70. The second-order valence-corrected chi connectivity index (χ2v) is 4.18.